The van der Waals surface area contributed by atoms with Crippen LogP contribution in [0, 0.1) is 11.8 Å². The van der Waals surface area contributed by atoms with Crippen LogP contribution in [0.15, 0.2) is 77.7 Å². The average Bonchev–Trinajstić information content (AvgIpc) is 3.95. The van der Waals surface area contributed by atoms with Gasteiger partial charge in [-0.05, 0) is 67.0 Å². The number of nitrogens with zero attached hydrogens (tertiary/aromatic N) is 1. The third-order valence-corrected chi connectivity index (χ3v) is 11.8. The number of ether oxygens (including phenoxy) is 6. The first kappa shape index (κ1) is 34.6. The number of fused-ring (bicyclic) bond motifs is 2. The fraction of sp³-hybridized carbons (Fsp3) is 0.486. The SMILES string of the molecule is O=C(NC(Cc1ccc(OCc2ccccc2)cc1)C(O)CN(CC1CCCC1)S(=O)(=O)c1ccc2c(c1)OCO2)OC1COC2OCCC12. The molecule has 0 radical (unpaired) electrons. The van der Waals surface area contributed by atoms with E-state index in [1.54, 1.807) is 6.07 Å². The Hall–Kier alpha value is -3.88. The van der Waals surface area contributed by atoms with Crippen LogP contribution in [0.1, 0.15) is 43.2 Å². The maximum atomic E-state index is 14.2. The molecule has 1 amide bonds. The highest BCUT2D eigenvalue weighted by atomic mass is 32.2. The molecule has 0 spiro atoms. The summed E-state index contributed by atoms with van der Waals surface area (Å²) >= 11 is 0. The van der Waals surface area contributed by atoms with E-state index in [1.165, 1.54) is 16.4 Å². The largest absolute Gasteiger partial charge is 0.489 e. The Labute approximate surface area is 292 Å². The number of alkyl carbamates (subject to hydrolysis) is 1. The number of rotatable bonds is 14. The van der Waals surface area contributed by atoms with Crippen LogP contribution in [0.2, 0.25) is 0 Å². The van der Waals surface area contributed by atoms with Crippen LogP contribution in [0.25, 0.3) is 0 Å². The number of benzene rings is 3. The second-order valence-corrected chi connectivity index (χ2v) is 15.3. The molecule has 3 aromatic rings. The Morgan fingerprint density at radius 3 is 2.52 bits per heavy atom. The van der Waals surface area contributed by atoms with E-state index in [0.717, 1.165) is 43.2 Å². The van der Waals surface area contributed by atoms with Crippen molar-refractivity contribution < 1.29 is 46.7 Å². The second kappa shape index (κ2) is 15.6. The summed E-state index contributed by atoms with van der Waals surface area (Å²) in [6.07, 6.45) is 1.97. The van der Waals surface area contributed by atoms with Gasteiger partial charge in [-0.3, -0.25) is 0 Å². The van der Waals surface area contributed by atoms with E-state index < -0.39 is 34.4 Å². The van der Waals surface area contributed by atoms with Gasteiger partial charge in [0.15, 0.2) is 17.8 Å². The molecule has 2 N–H and O–H groups in total. The lowest BCUT2D eigenvalue weighted by molar-refractivity contribution is -0.0907. The first-order chi connectivity index (χ1) is 24.3. The molecular formula is C37H44N2O10S. The monoisotopic (exact) mass is 708 g/mol. The third-order valence-electron chi connectivity index (χ3n) is 9.95. The van der Waals surface area contributed by atoms with Crippen molar-refractivity contribution in [2.75, 3.05) is 33.1 Å². The Bertz CT molecular complexity index is 1700. The summed E-state index contributed by atoms with van der Waals surface area (Å²) < 4.78 is 63.5. The van der Waals surface area contributed by atoms with Crippen LogP contribution in [-0.4, -0.2) is 81.6 Å². The van der Waals surface area contributed by atoms with Crippen molar-refractivity contribution in [3.63, 3.8) is 0 Å². The van der Waals surface area contributed by atoms with Crippen molar-refractivity contribution in [3.8, 4) is 17.2 Å². The molecule has 3 aromatic carbocycles. The summed E-state index contributed by atoms with van der Waals surface area (Å²) in [4.78, 5) is 13.4. The molecule has 2 saturated heterocycles. The molecule has 3 heterocycles. The van der Waals surface area contributed by atoms with Gasteiger partial charge in [0.25, 0.3) is 0 Å². The van der Waals surface area contributed by atoms with Crippen molar-refractivity contribution in [2.24, 2.45) is 11.8 Å². The van der Waals surface area contributed by atoms with Crippen LogP contribution >= 0.6 is 0 Å². The highest BCUT2D eigenvalue weighted by Crippen LogP contribution is 2.36. The van der Waals surface area contributed by atoms with E-state index in [1.807, 2.05) is 54.6 Å². The van der Waals surface area contributed by atoms with Crippen molar-refractivity contribution >= 4 is 16.1 Å². The van der Waals surface area contributed by atoms with E-state index in [2.05, 4.69) is 5.32 Å². The van der Waals surface area contributed by atoms with Gasteiger partial charge in [-0.25, -0.2) is 13.2 Å². The Morgan fingerprint density at radius 1 is 0.940 bits per heavy atom. The zero-order chi connectivity index (χ0) is 34.5. The number of carbonyl (C=O) groups excluding carboxylic acids is 1. The number of hydrogen-bond donors (Lipinski definition) is 2. The fourth-order valence-electron chi connectivity index (χ4n) is 7.14. The number of sulfonamides is 1. The molecule has 3 fully saturated rings. The molecule has 1 aliphatic carbocycles. The molecule has 50 heavy (non-hydrogen) atoms. The number of nitrogens with one attached hydrogen (secondary N) is 1. The highest BCUT2D eigenvalue weighted by Gasteiger charge is 2.44. The van der Waals surface area contributed by atoms with Gasteiger partial charge in [0, 0.05) is 19.2 Å². The molecule has 268 valence electrons. The van der Waals surface area contributed by atoms with Crippen LogP contribution in [-0.2, 0) is 37.3 Å². The van der Waals surface area contributed by atoms with Gasteiger partial charge in [-0.15, -0.1) is 0 Å². The van der Waals surface area contributed by atoms with Crippen molar-refractivity contribution in [3.05, 3.63) is 83.9 Å². The predicted octanol–water partition coefficient (Wildman–Crippen LogP) is 4.64. The molecule has 5 atom stereocenters. The van der Waals surface area contributed by atoms with Gasteiger partial charge in [-0.2, -0.15) is 4.31 Å². The molecule has 5 unspecified atom stereocenters. The lowest BCUT2D eigenvalue weighted by Crippen LogP contribution is -2.51. The number of hydrogen-bond acceptors (Lipinski definition) is 10. The van der Waals surface area contributed by atoms with Gasteiger partial charge < -0.3 is 38.8 Å². The Kier molecular flexibility index (Phi) is 10.8. The van der Waals surface area contributed by atoms with Gasteiger partial charge in [-0.1, -0.05) is 55.3 Å². The average molecular weight is 709 g/mol. The van der Waals surface area contributed by atoms with Crippen molar-refractivity contribution in [1.29, 1.82) is 0 Å². The van der Waals surface area contributed by atoms with Gasteiger partial charge in [0.05, 0.1) is 36.2 Å². The maximum absolute atomic E-state index is 14.2. The standard InChI is InChI=1S/C37H44N2O10S/c40-32(21-39(20-26-6-4-5-7-26)50(42,43)29-14-15-33-34(19-29)48-24-47-33)31(38-37(41)49-35-23-46-36-30(35)16-17-44-36)18-25-10-12-28(13-11-25)45-22-27-8-2-1-3-9-27/h1-3,8-15,19,26,30-32,35-36,40H,4-7,16-18,20-24H2,(H,38,41). The van der Waals surface area contributed by atoms with Crippen molar-refractivity contribution in [1.82, 2.24) is 9.62 Å². The van der Waals surface area contributed by atoms with E-state index in [0.29, 0.717) is 30.5 Å². The van der Waals surface area contributed by atoms with Crippen LogP contribution < -0.4 is 19.5 Å². The maximum Gasteiger partial charge on any atom is 0.407 e. The van der Waals surface area contributed by atoms with E-state index in [4.69, 9.17) is 28.4 Å². The summed E-state index contributed by atoms with van der Waals surface area (Å²) in [5.74, 6) is 1.62. The number of amides is 1. The normalized spacial score (nSPS) is 22.7. The third kappa shape index (κ3) is 8.18. The van der Waals surface area contributed by atoms with Crippen molar-refractivity contribution in [2.45, 2.75) is 74.6 Å². The van der Waals surface area contributed by atoms with Crippen LogP contribution in [0.4, 0.5) is 4.79 Å². The van der Waals surface area contributed by atoms with Gasteiger partial charge in [0.2, 0.25) is 16.8 Å². The second-order valence-electron chi connectivity index (χ2n) is 13.4. The summed E-state index contributed by atoms with van der Waals surface area (Å²) in [6.45, 7) is 1.22. The fourth-order valence-corrected chi connectivity index (χ4v) is 8.69. The molecule has 4 aliphatic rings. The summed E-state index contributed by atoms with van der Waals surface area (Å²) in [5.41, 5.74) is 1.86. The minimum absolute atomic E-state index is 0.0221. The number of carbonyl (C=O) groups is 1. The lowest BCUT2D eigenvalue weighted by atomic mass is 10.0. The van der Waals surface area contributed by atoms with Gasteiger partial charge in [0.1, 0.15) is 18.5 Å². The number of aliphatic hydroxyl groups excluding tert-OH is 1. The Morgan fingerprint density at radius 2 is 1.72 bits per heavy atom. The molecular weight excluding hydrogens is 664 g/mol. The lowest BCUT2D eigenvalue weighted by Gasteiger charge is -2.31. The minimum Gasteiger partial charge on any atom is -0.489 e. The summed E-state index contributed by atoms with van der Waals surface area (Å²) in [5, 5.41) is 14.7. The van der Waals surface area contributed by atoms with Crippen LogP contribution in [0.5, 0.6) is 17.2 Å². The molecule has 0 bridgehead atoms. The van der Waals surface area contributed by atoms with E-state index >= 15 is 0 Å². The molecule has 1 saturated carbocycles. The molecule has 0 aromatic heterocycles. The molecule has 12 nitrogen and oxygen atoms in total. The van der Waals surface area contributed by atoms with Crippen LogP contribution in [0.3, 0.4) is 0 Å². The summed E-state index contributed by atoms with van der Waals surface area (Å²) in [6, 6.07) is 20.9. The zero-order valence-electron chi connectivity index (χ0n) is 27.9. The highest BCUT2D eigenvalue weighted by molar-refractivity contribution is 7.89. The molecule has 7 rings (SSSR count). The van der Waals surface area contributed by atoms with E-state index in [-0.39, 0.29) is 55.9 Å². The number of aliphatic hydroxyl groups is 1. The van der Waals surface area contributed by atoms with E-state index in [9.17, 15) is 18.3 Å². The predicted molar refractivity (Wildman–Crippen MR) is 181 cm³/mol. The zero-order valence-corrected chi connectivity index (χ0v) is 28.7. The smallest absolute Gasteiger partial charge is 0.407 e. The Balaban J connectivity index is 1.09. The van der Waals surface area contributed by atoms with Gasteiger partial charge >= 0.3 is 6.09 Å². The quantitative estimate of drug-likeness (QED) is 0.243. The summed E-state index contributed by atoms with van der Waals surface area (Å²) in [7, 11) is -4.06. The molecule has 3 aliphatic heterocycles. The topological polar surface area (TPSA) is 142 Å². The first-order valence-corrected chi connectivity index (χ1v) is 18.8. The molecule has 13 heteroatoms. The first-order valence-electron chi connectivity index (χ1n) is 17.4. The minimum atomic E-state index is -4.06.